The van der Waals surface area contributed by atoms with Crippen molar-refractivity contribution in [1.82, 2.24) is 10.3 Å². The number of rotatable bonds is 3. The van der Waals surface area contributed by atoms with Crippen LogP contribution in [0.3, 0.4) is 0 Å². The van der Waals surface area contributed by atoms with E-state index in [1.54, 1.807) is 0 Å². The number of likely N-dealkylation sites (tertiary alicyclic amines) is 1. The van der Waals surface area contributed by atoms with Crippen LogP contribution in [0.2, 0.25) is 5.02 Å². The molecule has 2 aromatic carbocycles. The molecule has 1 atom stereocenters. The first-order chi connectivity index (χ1) is 14.8. The zero-order chi connectivity index (χ0) is 21.9. The van der Waals surface area contributed by atoms with Crippen molar-refractivity contribution in [2.75, 3.05) is 43.6 Å². The highest BCUT2D eigenvalue weighted by Crippen LogP contribution is 2.47. The Morgan fingerprint density at radius 1 is 1.26 bits per heavy atom. The van der Waals surface area contributed by atoms with Gasteiger partial charge in [0.2, 0.25) is 0 Å². The minimum atomic E-state index is -0.370. The molecule has 0 aliphatic carbocycles. The van der Waals surface area contributed by atoms with Gasteiger partial charge in [-0.3, -0.25) is 4.79 Å². The fourth-order valence-electron chi connectivity index (χ4n) is 4.85. The van der Waals surface area contributed by atoms with E-state index in [-0.39, 0.29) is 17.5 Å². The third-order valence-electron chi connectivity index (χ3n) is 6.59. The molecule has 0 saturated carbocycles. The number of nitrogens with one attached hydrogen (secondary N) is 1. The summed E-state index contributed by atoms with van der Waals surface area (Å²) < 4.78 is 6.06. The Morgan fingerprint density at radius 2 is 2.00 bits per heavy atom. The molecule has 3 heterocycles. The molecule has 31 heavy (non-hydrogen) atoms. The first-order valence-corrected chi connectivity index (χ1v) is 10.8. The van der Waals surface area contributed by atoms with E-state index in [0.29, 0.717) is 17.5 Å². The molecule has 3 aliphatic heterocycles. The van der Waals surface area contributed by atoms with Crippen molar-refractivity contribution < 1.29 is 9.53 Å². The second-order valence-corrected chi connectivity index (χ2v) is 9.29. The number of carbonyl (C=O) groups excluding carboxylic acids is 1. The molecule has 5 rings (SSSR count). The molecule has 1 fully saturated rings. The van der Waals surface area contributed by atoms with Gasteiger partial charge in [-0.15, -0.1) is 0 Å². The Bertz CT molecular complexity index is 1100. The van der Waals surface area contributed by atoms with Gasteiger partial charge in [-0.1, -0.05) is 29.8 Å². The summed E-state index contributed by atoms with van der Waals surface area (Å²) in [5, 5.41) is 4.91. The average Bonchev–Trinajstić information content (AvgIpc) is 2.74. The van der Waals surface area contributed by atoms with Crippen molar-refractivity contribution in [3.8, 4) is 16.9 Å². The number of hydrogen-bond acceptors (Lipinski definition) is 6. The zero-order valence-electron chi connectivity index (χ0n) is 18.1. The Kier molecular flexibility index (Phi) is 4.64. The molecule has 8 heteroatoms. The Balaban J connectivity index is 1.70. The van der Waals surface area contributed by atoms with Gasteiger partial charge >= 0.3 is 0 Å². The van der Waals surface area contributed by atoms with Gasteiger partial charge in [0.25, 0.3) is 5.91 Å². The lowest BCUT2D eigenvalue weighted by molar-refractivity contribution is -0.122. The maximum atomic E-state index is 12.3. The molecular weight excluding hydrogens is 414 g/mol. The third kappa shape index (κ3) is 3.15. The summed E-state index contributed by atoms with van der Waals surface area (Å²) in [6, 6.07) is 11.6. The lowest BCUT2D eigenvalue weighted by Crippen LogP contribution is -2.66. The molecule has 1 saturated heterocycles. The summed E-state index contributed by atoms with van der Waals surface area (Å²) in [6.45, 7) is 6.38. The van der Waals surface area contributed by atoms with Crippen LogP contribution in [-0.4, -0.2) is 62.0 Å². The molecule has 0 spiro atoms. The van der Waals surface area contributed by atoms with Gasteiger partial charge in [-0.2, -0.15) is 5.10 Å². The van der Waals surface area contributed by atoms with E-state index in [4.69, 9.17) is 16.3 Å². The van der Waals surface area contributed by atoms with Gasteiger partial charge in [0, 0.05) is 42.0 Å². The number of nitrogens with zero attached hydrogens (tertiary/aromatic N) is 4. The highest BCUT2D eigenvalue weighted by Gasteiger charge is 2.42. The first kappa shape index (κ1) is 20.2. The number of ether oxygens (including phenoxy) is 1. The van der Waals surface area contributed by atoms with Crippen molar-refractivity contribution in [1.29, 1.82) is 0 Å². The maximum Gasteiger partial charge on any atom is 0.262 e. The number of amidine groups is 1. The van der Waals surface area contributed by atoms with Crippen LogP contribution in [0.1, 0.15) is 13.8 Å². The monoisotopic (exact) mass is 439 g/mol. The van der Waals surface area contributed by atoms with Crippen LogP contribution in [0.15, 0.2) is 41.5 Å². The van der Waals surface area contributed by atoms with Crippen molar-refractivity contribution in [2.45, 2.75) is 25.4 Å². The fraction of sp³-hybridized carbons (Fsp3) is 0.391. The van der Waals surface area contributed by atoms with Gasteiger partial charge in [0.1, 0.15) is 18.4 Å². The lowest BCUT2D eigenvalue weighted by Gasteiger charge is -2.53. The van der Waals surface area contributed by atoms with E-state index in [1.165, 1.54) is 0 Å². The number of fused-ring (bicyclic) bond motifs is 3. The molecule has 1 N–H and O–H groups in total. The van der Waals surface area contributed by atoms with Crippen LogP contribution >= 0.6 is 11.6 Å². The molecule has 0 radical (unpaired) electrons. The highest BCUT2D eigenvalue weighted by molar-refractivity contribution is 6.33. The van der Waals surface area contributed by atoms with Gasteiger partial charge in [-0.25, -0.2) is 5.43 Å². The predicted octanol–water partition coefficient (Wildman–Crippen LogP) is 3.18. The summed E-state index contributed by atoms with van der Waals surface area (Å²) in [5.41, 5.74) is 6.44. The quantitative estimate of drug-likeness (QED) is 0.796. The number of carbonyl (C=O) groups is 1. The SMILES string of the molecule is CC1C(=O)NN=C2COc3cc(-c4ccccc4Cl)c(N(C)C4(C)CN(C)C4)cc3N21. The van der Waals surface area contributed by atoms with E-state index in [0.717, 1.165) is 41.3 Å². The van der Waals surface area contributed by atoms with Crippen LogP contribution < -0.4 is 20.0 Å². The average molecular weight is 440 g/mol. The van der Waals surface area contributed by atoms with E-state index in [2.05, 4.69) is 47.4 Å². The fourth-order valence-corrected chi connectivity index (χ4v) is 5.09. The topological polar surface area (TPSA) is 60.4 Å². The molecule has 3 aliphatic rings. The van der Waals surface area contributed by atoms with Crippen molar-refractivity contribution >= 4 is 34.7 Å². The zero-order valence-corrected chi connectivity index (χ0v) is 18.9. The summed E-state index contributed by atoms with van der Waals surface area (Å²) in [5.74, 6) is 1.30. The number of hydrogen-bond donors (Lipinski definition) is 1. The summed E-state index contributed by atoms with van der Waals surface area (Å²) in [7, 11) is 4.25. The molecule has 162 valence electrons. The largest absolute Gasteiger partial charge is 0.483 e. The molecule has 1 amide bonds. The number of halogens is 1. The maximum absolute atomic E-state index is 12.3. The lowest BCUT2D eigenvalue weighted by atomic mass is 9.89. The number of anilines is 2. The Morgan fingerprint density at radius 3 is 2.71 bits per heavy atom. The molecule has 0 bridgehead atoms. The Hall–Kier alpha value is -2.77. The minimum Gasteiger partial charge on any atom is -0.483 e. The third-order valence-corrected chi connectivity index (χ3v) is 6.92. The van der Waals surface area contributed by atoms with E-state index < -0.39 is 0 Å². The van der Waals surface area contributed by atoms with E-state index in [9.17, 15) is 4.79 Å². The molecule has 1 unspecified atom stereocenters. The van der Waals surface area contributed by atoms with Crippen molar-refractivity contribution in [3.63, 3.8) is 0 Å². The minimum absolute atomic E-state index is 0.00365. The smallest absolute Gasteiger partial charge is 0.262 e. The van der Waals surface area contributed by atoms with Gasteiger partial charge < -0.3 is 19.4 Å². The van der Waals surface area contributed by atoms with Crippen LogP contribution in [0.25, 0.3) is 11.1 Å². The molecule has 0 aromatic heterocycles. The standard InChI is InChI=1S/C23H26ClN5O2/c1-14-22(30)26-25-21-11-31-20-9-16(15-7-5-6-8-17(15)24)18(10-19(20)29(14)21)28(4)23(2)12-27(3)13-23/h5-10,14H,11-13H2,1-4H3,(H,26,30). The van der Waals surface area contributed by atoms with Gasteiger partial charge in [-0.05, 0) is 39.1 Å². The first-order valence-electron chi connectivity index (χ1n) is 10.4. The van der Waals surface area contributed by atoms with E-state index in [1.807, 2.05) is 42.2 Å². The summed E-state index contributed by atoms with van der Waals surface area (Å²) in [6.07, 6.45) is 0. The van der Waals surface area contributed by atoms with Crippen molar-refractivity contribution in [2.24, 2.45) is 5.10 Å². The number of benzene rings is 2. The van der Waals surface area contributed by atoms with Crippen LogP contribution in [0.4, 0.5) is 11.4 Å². The summed E-state index contributed by atoms with van der Waals surface area (Å²) >= 11 is 6.61. The second kappa shape index (κ2) is 7.14. The van der Waals surface area contributed by atoms with Crippen LogP contribution in [0, 0.1) is 0 Å². The number of amides is 1. The molecule has 7 nitrogen and oxygen atoms in total. The number of hydrazone groups is 1. The second-order valence-electron chi connectivity index (χ2n) is 8.88. The summed E-state index contributed by atoms with van der Waals surface area (Å²) in [4.78, 5) is 18.9. The van der Waals surface area contributed by atoms with Crippen LogP contribution in [0.5, 0.6) is 5.75 Å². The normalized spacial score (nSPS) is 21.8. The Labute approximate surface area is 187 Å². The van der Waals surface area contributed by atoms with Crippen molar-refractivity contribution in [3.05, 3.63) is 41.4 Å². The van der Waals surface area contributed by atoms with E-state index >= 15 is 0 Å². The highest BCUT2D eigenvalue weighted by atomic mass is 35.5. The van der Waals surface area contributed by atoms with Gasteiger partial charge in [0.15, 0.2) is 5.84 Å². The number of likely N-dealkylation sites (N-methyl/N-ethyl adjacent to an activating group) is 2. The molecular formula is C23H26ClN5O2. The van der Waals surface area contributed by atoms with Crippen LogP contribution in [-0.2, 0) is 4.79 Å². The van der Waals surface area contributed by atoms with Gasteiger partial charge in [0.05, 0.1) is 11.2 Å². The molecule has 2 aromatic rings. The predicted molar refractivity (Wildman–Crippen MR) is 124 cm³/mol.